The van der Waals surface area contributed by atoms with E-state index in [1.54, 1.807) is 31.2 Å². The summed E-state index contributed by atoms with van der Waals surface area (Å²) < 4.78 is 10.6. The molecular formula is C14H19ClO3. The molecule has 0 saturated heterocycles. The second-order valence-electron chi connectivity index (χ2n) is 4.09. The molecule has 1 atom stereocenters. The van der Waals surface area contributed by atoms with Crippen molar-refractivity contribution in [3.05, 3.63) is 29.3 Å². The summed E-state index contributed by atoms with van der Waals surface area (Å²) in [5.74, 6) is 0.276. The molecule has 100 valence electrons. The highest BCUT2D eigenvalue weighted by Gasteiger charge is 2.15. The molecule has 1 aromatic rings. The first-order valence-corrected chi connectivity index (χ1v) is 6.60. The topological polar surface area (TPSA) is 35.5 Å². The Morgan fingerprint density at radius 3 is 2.56 bits per heavy atom. The van der Waals surface area contributed by atoms with Crippen molar-refractivity contribution in [3.63, 3.8) is 0 Å². The Labute approximate surface area is 113 Å². The Morgan fingerprint density at radius 1 is 1.28 bits per heavy atom. The second kappa shape index (κ2) is 7.98. The smallest absolute Gasteiger partial charge is 0.347 e. The lowest BCUT2D eigenvalue weighted by Gasteiger charge is -2.13. The standard InChI is InChI=1S/C14H19ClO3/c1-3-4-5-10-17-14(16)11(2)18-13-8-6-12(15)7-9-13/h6-9,11H,3-5,10H2,1-2H3/t11-/m0/s1. The van der Waals surface area contributed by atoms with Gasteiger partial charge in [-0.15, -0.1) is 0 Å². The molecule has 0 aliphatic carbocycles. The SMILES string of the molecule is CCCCCOC(=O)[C@H](C)Oc1ccc(Cl)cc1. The first-order valence-electron chi connectivity index (χ1n) is 6.22. The number of carbonyl (C=O) groups is 1. The average Bonchev–Trinajstić information content (AvgIpc) is 2.37. The number of carbonyl (C=O) groups excluding carboxylic acids is 1. The number of hydrogen-bond donors (Lipinski definition) is 0. The zero-order valence-electron chi connectivity index (χ0n) is 10.8. The third kappa shape index (κ3) is 5.41. The van der Waals surface area contributed by atoms with Crippen LogP contribution in [0.3, 0.4) is 0 Å². The van der Waals surface area contributed by atoms with Crippen LogP contribution in [0.2, 0.25) is 5.02 Å². The molecule has 3 nitrogen and oxygen atoms in total. The van der Waals surface area contributed by atoms with E-state index in [0.717, 1.165) is 19.3 Å². The summed E-state index contributed by atoms with van der Waals surface area (Å²) in [5, 5.41) is 0.636. The van der Waals surface area contributed by atoms with Gasteiger partial charge in [0.15, 0.2) is 6.10 Å². The van der Waals surface area contributed by atoms with Crippen molar-refractivity contribution in [1.82, 2.24) is 0 Å². The molecule has 1 aromatic carbocycles. The number of rotatable bonds is 7. The Bertz CT molecular complexity index is 362. The highest BCUT2D eigenvalue weighted by molar-refractivity contribution is 6.30. The molecule has 0 spiro atoms. The first kappa shape index (κ1) is 14.8. The van der Waals surface area contributed by atoms with Crippen LogP contribution in [0.15, 0.2) is 24.3 Å². The van der Waals surface area contributed by atoms with Crippen molar-refractivity contribution in [3.8, 4) is 5.75 Å². The lowest BCUT2D eigenvalue weighted by atomic mass is 10.3. The monoisotopic (exact) mass is 270 g/mol. The van der Waals surface area contributed by atoms with Crippen molar-refractivity contribution >= 4 is 17.6 Å². The Kier molecular flexibility index (Phi) is 6.58. The van der Waals surface area contributed by atoms with Crippen LogP contribution in [-0.4, -0.2) is 18.7 Å². The maximum Gasteiger partial charge on any atom is 0.347 e. The van der Waals surface area contributed by atoms with E-state index in [4.69, 9.17) is 21.1 Å². The summed E-state index contributed by atoms with van der Waals surface area (Å²) in [7, 11) is 0. The number of esters is 1. The Balaban J connectivity index is 2.33. The van der Waals surface area contributed by atoms with Gasteiger partial charge < -0.3 is 9.47 Å². The van der Waals surface area contributed by atoms with Crippen molar-refractivity contribution in [2.24, 2.45) is 0 Å². The highest BCUT2D eigenvalue weighted by Crippen LogP contribution is 2.17. The number of unbranched alkanes of at least 4 members (excludes halogenated alkanes) is 2. The predicted octanol–water partition coefficient (Wildman–Crippen LogP) is 3.84. The summed E-state index contributed by atoms with van der Waals surface area (Å²) in [4.78, 5) is 11.6. The lowest BCUT2D eigenvalue weighted by molar-refractivity contribution is -0.151. The fourth-order valence-electron chi connectivity index (χ4n) is 1.41. The van der Waals surface area contributed by atoms with E-state index in [-0.39, 0.29) is 5.97 Å². The largest absolute Gasteiger partial charge is 0.479 e. The molecule has 0 heterocycles. The zero-order valence-corrected chi connectivity index (χ0v) is 11.6. The molecule has 0 unspecified atom stereocenters. The molecule has 18 heavy (non-hydrogen) atoms. The molecule has 0 radical (unpaired) electrons. The third-order valence-corrected chi connectivity index (χ3v) is 2.70. The van der Waals surface area contributed by atoms with Gasteiger partial charge in [-0.1, -0.05) is 31.4 Å². The van der Waals surface area contributed by atoms with E-state index in [9.17, 15) is 4.79 Å². The van der Waals surface area contributed by atoms with Crippen LogP contribution in [-0.2, 0) is 9.53 Å². The summed E-state index contributed by atoms with van der Waals surface area (Å²) in [5.41, 5.74) is 0. The Hall–Kier alpha value is -1.22. The van der Waals surface area contributed by atoms with E-state index >= 15 is 0 Å². The van der Waals surface area contributed by atoms with Gasteiger partial charge in [-0.2, -0.15) is 0 Å². The van der Waals surface area contributed by atoms with Gasteiger partial charge >= 0.3 is 5.97 Å². The Morgan fingerprint density at radius 2 is 1.94 bits per heavy atom. The van der Waals surface area contributed by atoms with Gasteiger partial charge in [0.25, 0.3) is 0 Å². The molecular weight excluding hydrogens is 252 g/mol. The quantitative estimate of drug-likeness (QED) is 0.558. The summed E-state index contributed by atoms with van der Waals surface area (Å²) in [6, 6.07) is 6.89. The van der Waals surface area contributed by atoms with E-state index in [1.165, 1.54) is 0 Å². The number of benzene rings is 1. The summed E-state index contributed by atoms with van der Waals surface area (Å²) in [6.07, 6.45) is 2.47. The maximum atomic E-state index is 11.6. The van der Waals surface area contributed by atoms with Crippen molar-refractivity contribution < 1.29 is 14.3 Å². The minimum Gasteiger partial charge on any atom is -0.479 e. The predicted molar refractivity (Wildman–Crippen MR) is 72.0 cm³/mol. The van der Waals surface area contributed by atoms with Crippen LogP contribution in [0.5, 0.6) is 5.75 Å². The molecule has 0 aromatic heterocycles. The molecule has 0 aliphatic heterocycles. The second-order valence-corrected chi connectivity index (χ2v) is 4.53. The van der Waals surface area contributed by atoms with Gasteiger partial charge in [0.2, 0.25) is 0 Å². The molecule has 4 heteroatoms. The van der Waals surface area contributed by atoms with E-state index in [1.807, 2.05) is 0 Å². The minimum absolute atomic E-state index is 0.332. The summed E-state index contributed by atoms with van der Waals surface area (Å²) >= 11 is 5.76. The summed E-state index contributed by atoms with van der Waals surface area (Å²) in [6.45, 7) is 4.24. The van der Waals surface area contributed by atoms with Gasteiger partial charge in [0.1, 0.15) is 5.75 Å². The maximum absolute atomic E-state index is 11.6. The minimum atomic E-state index is -0.604. The van der Waals surface area contributed by atoms with E-state index in [2.05, 4.69) is 6.92 Å². The molecule has 0 fully saturated rings. The van der Waals surface area contributed by atoms with E-state index in [0.29, 0.717) is 17.4 Å². The number of hydrogen-bond acceptors (Lipinski definition) is 3. The van der Waals surface area contributed by atoms with Crippen molar-refractivity contribution in [1.29, 1.82) is 0 Å². The van der Waals surface area contributed by atoms with Crippen molar-refractivity contribution in [2.45, 2.75) is 39.2 Å². The average molecular weight is 271 g/mol. The van der Waals surface area contributed by atoms with Gasteiger partial charge in [-0.25, -0.2) is 4.79 Å². The molecule has 0 saturated carbocycles. The van der Waals surface area contributed by atoms with Crippen LogP contribution in [0, 0.1) is 0 Å². The van der Waals surface area contributed by atoms with E-state index < -0.39 is 6.10 Å². The fourth-order valence-corrected chi connectivity index (χ4v) is 1.53. The first-order chi connectivity index (χ1) is 8.63. The van der Waals surface area contributed by atoms with Gasteiger partial charge in [0, 0.05) is 5.02 Å². The lowest BCUT2D eigenvalue weighted by Crippen LogP contribution is -2.26. The van der Waals surface area contributed by atoms with Gasteiger partial charge in [0.05, 0.1) is 6.61 Å². The number of ether oxygens (including phenoxy) is 2. The van der Waals surface area contributed by atoms with Gasteiger partial charge in [-0.3, -0.25) is 0 Å². The van der Waals surface area contributed by atoms with Crippen LogP contribution in [0.4, 0.5) is 0 Å². The zero-order chi connectivity index (χ0) is 13.4. The third-order valence-electron chi connectivity index (χ3n) is 2.45. The van der Waals surface area contributed by atoms with Gasteiger partial charge in [-0.05, 0) is 37.6 Å². The normalized spacial score (nSPS) is 11.9. The molecule has 0 bridgehead atoms. The highest BCUT2D eigenvalue weighted by atomic mass is 35.5. The van der Waals surface area contributed by atoms with Crippen LogP contribution >= 0.6 is 11.6 Å². The van der Waals surface area contributed by atoms with Crippen LogP contribution < -0.4 is 4.74 Å². The van der Waals surface area contributed by atoms with Crippen molar-refractivity contribution in [2.75, 3.05) is 6.61 Å². The van der Waals surface area contributed by atoms with Crippen LogP contribution in [0.25, 0.3) is 0 Å². The van der Waals surface area contributed by atoms with Crippen LogP contribution in [0.1, 0.15) is 33.1 Å². The number of halogens is 1. The molecule has 0 amide bonds. The molecule has 0 aliphatic rings. The molecule has 0 N–H and O–H groups in total. The molecule has 1 rings (SSSR count). The fraction of sp³-hybridized carbons (Fsp3) is 0.500.